The number of fused-ring (bicyclic) bond motifs is 1. The second-order valence-electron chi connectivity index (χ2n) is 9.74. The van der Waals surface area contributed by atoms with Gasteiger partial charge in [0.2, 0.25) is 15.9 Å². The lowest BCUT2D eigenvalue weighted by atomic mass is 9.81. The van der Waals surface area contributed by atoms with Gasteiger partial charge in [-0.05, 0) is 68.4 Å². The van der Waals surface area contributed by atoms with Gasteiger partial charge in [-0.3, -0.25) is 9.52 Å². The lowest BCUT2D eigenvalue weighted by Gasteiger charge is -2.33. The molecular weight excluding hydrogens is 452 g/mol. The summed E-state index contributed by atoms with van der Waals surface area (Å²) < 4.78 is 36.9. The number of amides is 1. The molecule has 1 saturated carbocycles. The van der Waals surface area contributed by atoms with E-state index in [9.17, 15) is 13.2 Å². The number of sulfonamides is 1. The van der Waals surface area contributed by atoms with E-state index in [0.717, 1.165) is 68.5 Å². The first-order valence-electron chi connectivity index (χ1n) is 12.1. The first-order chi connectivity index (χ1) is 16.2. The van der Waals surface area contributed by atoms with Crippen molar-refractivity contribution in [3.8, 4) is 5.75 Å². The van der Waals surface area contributed by atoms with E-state index in [0.29, 0.717) is 13.2 Å². The molecule has 1 aromatic rings. The average molecular weight is 489 g/mol. The van der Waals surface area contributed by atoms with Gasteiger partial charge in [0.05, 0.1) is 24.5 Å². The monoisotopic (exact) mass is 488 g/mol. The van der Waals surface area contributed by atoms with Crippen LogP contribution in [0.15, 0.2) is 35.6 Å². The second-order valence-corrected chi connectivity index (χ2v) is 11.5. The average Bonchev–Trinajstić information content (AvgIpc) is 3.61. The number of piperidine rings is 1. The number of carbonyl (C=O) groups excluding carboxylic acids is 1. The van der Waals surface area contributed by atoms with E-state index in [1.54, 1.807) is 7.11 Å². The number of hydrogen-bond acceptors (Lipinski definition) is 6. The van der Waals surface area contributed by atoms with Gasteiger partial charge in [-0.25, -0.2) is 8.42 Å². The van der Waals surface area contributed by atoms with Crippen LogP contribution in [0.2, 0.25) is 0 Å². The smallest absolute Gasteiger partial charge is 0.240 e. The van der Waals surface area contributed by atoms with Crippen molar-refractivity contribution in [2.24, 2.45) is 11.3 Å². The molecule has 2 heterocycles. The van der Waals surface area contributed by atoms with Crippen LogP contribution in [0.3, 0.4) is 0 Å². The Morgan fingerprint density at radius 2 is 2.00 bits per heavy atom. The number of rotatable bonds is 6. The zero-order valence-corrected chi connectivity index (χ0v) is 21.5. The SMILES string of the molecule is C/C=C1/OCc2cc(OC)ccc2C(=C2CCN(CC3(C(=O)NS(C)(=O)=O)CC3)CC2)C1CC. The molecule has 2 fully saturated rings. The number of ether oxygens (including phenoxy) is 2. The number of benzene rings is 1. The predicted octanol–water partition coefficient (Wildman–Crippen LogP) is 3.86. The van der Waals surface area contributed by atoms with Crippen LogP contribution < -0.4 is 9.46 Å². The lowest BCUT2D eigenvalue weighted by Crippen LogP contribution is -2.44. The van der Waals surface area contributed by atoms with Crippen molar-refractivity contribution in [1.29, 1.82) is 0 Å². The molecule has 34 heavy (non-hydrogen) atoms. The van der Waals surface area contributed by atoms with Crippen LogP contribution in [0.5, 0.6) is 5.75 Å². The van der Waals surface area contributed by atoms with Crippen LogP contribution in [0.4, 0.5) is 0 Å². The Balaban J connectivity index is 1.57. The summed E-state index contributed by atoms with van der Waals surface area (Å²) in [4.78, 5) is 14.9. The summed E-state index contributed by atoms with van der Waals surface area (Å²) in [5.41, 5.74) is 4.66. The van der Waals surface area contributed by atoms with Crippen LogP contribution in [0.1, 0.15) is 57.1 Å². The van der Waals surface area contributed by atoms with Gasteiger partial charge in [0.1, 0.15) is 12.4 Å². The normalized spacial score (nSPS) is 23.6. The summed E-state index contributed by atoms with van der Waals surface area (Å²) in [5.74, 6) is 1.72. The van der Waals surface area contributed by atoms with Crippen molar-refractivity contribution in [2.75, 3.05) is 33.0 Å². The molecule has 1 amide bonds. The van der Waals surface area contributed by atoms with E-state index >= 15 is 0 Å². The third-order valence-corrected chi connectivity index (χ3v) is 7.92. The number of carbonyl (C=O) groups is 1. The molecule has 7 nitrogen and oxygen atoms in total. The van der Waals surface area contributed by atoms with Gasteiger partial charge in [-0.2, -0.15) is 0 Å². The van der Waals surface area contributed by atoms with Crippen LogP contribution in [-0.4, -0.2) is 52.2 Å². The molecular formula is C26H36N2O5S. The molecule has 8 heteroatoms. The highest BCUT2D eigenvalue weighted by Gasteiger charge is 2.51. The molecule has 0 bridgehead atoms. The summed E-state index contributed by atoms with van der Waals surface area (Å²) in [6, 6.07) is 6.27. The van der Waals surface area contributed by atoms with E-state index in [2.05, 4.69) is 34.8 Å². The predicted molar refractivity (Wildman–Crippen MR) is 133 cm³/mol. The van der Waals surface area contributed by atoms with E-state index in [4.69, 9.17) is 9.47 Å². The quantitative estimate of drug-likeness (QED) is 0.655. The maximum atomic E-state index is 12.6. The van der Waals surface area contributed by atoms with Crippen molar-refractivity contribution in [1.82, 2.24) is 9.62 Å². The minimum Gasteiger partial charge on any atom is -0.497 e. The Bertz CT molecular complexity index is 1110. The molecule has 1 N–H and O–H groups in total. The van der Waals surface area contributed by atoms with Gasteiger partial charge in [-0.1, -0.05) is 18.6 Å². The van der Waals surface area contributed by atoms with Crippen molar-refractivity contribution in [2.45, 2.75) is 52.6 Å². The van der Waals surface area contributed by atoms with Gasteiger partial charge in [0.15, 0.2) is 0 Å². The van der Waals surface area contributed by atoms with Gasteiger partial charge in [0, 0.05) is 31.1 Å². The van der Waals surface area contributed by atoms with E-state index < -0.39 is 15.4 Å². The molecule has 1 saturated heterocycles. The minimum atomic E-state index is -3.54. The Morgan fingerprint density at radius 1 is 1.29 bits per heavy atom. The Hall–Kier alpha value is -2.32. The number of methoxy groups -OCH3 is 1. The molecule has 1 aliphatic carbocycles. The summed E-state index contributed by atoms with van der Waals surface area (Å²) in [5, 5.41) is 0. The largest absolute Gasteiger partial charge is 0.497 e. The maximum absolute atomic E-state index is 12.6. The van der Waals surface area contributed by atoms with E-state index in [-0.39, 0.29) is 11.8 Å². The van der Waals surface area contributed by atoms with Crippen molar-refractivity contribution < 1.29 is 22.7 Å². The fraction of sp³-hybridized carbons (Fsp3) is 0.577. The van der Waals surface area contributed by atoms with Crippen molar-refractivity contribution in [3.63, 3.8) is 0 Å². The summed E-state index contributed by atoms with van der Waals surface area (Å²) in [6.07, 6.45) is 7.43. The van der Waals surface area contributed by atoms with Gasteiger partial charge >= 0.3 is 0 Å². The highest BCUT2D eigenvalue weighted by molar-refractivity contribution is 7.89. The molecule has 1 unspecified atom stereocenters. The zero-order chi connectivity index (χ0) is 24.5. The first-order valence-corrected chi connectivity index (χ1v) is 14.0. The van der Waals surface area contributed by atoms with Crippen molar-refractivity contribution in [3.05, 3.63) is 46.7 Å². The maximum Gasteiger partial charge on any atom is 0.240 e. The molecule has 0 radical (unpaired) electrons. The summed E-state index contributed by atoms with van der Waals surface area (Å²) >= 11 is 0. The molecule has 1 atom stereocenters. The summed E-state index contributed by atoms with van der Waals surface area (Å²) in [7, 11) is -1.85. The molecule has 2 aliphatic heterocycles. The number of hydrogen-bond donors (Lipinski definition) is 1. The Labute approximate surface area is 203 Å². The topological polar surface area (TPSA) is 84.9 Å². The van der Waals surface area contributed by atoms with Crippen LogP contribution in [0.25, 0.3) is 5.57 Å². The van der Waals surface area contributed by atoms with Crippen LogP contribution in [-0.2, 0) is 26.2 Å². The number of allylic oxidation sites excluding steroid dienone is 2. The summed E-state index contributed by atoms with van der Waals surface area (Å²) in [6.45, 7) is 7.12. The molecule has 0 aromatic heterocycles. The molecule has 4 rings (SSSR count). The van der Waals surface area contributed by atoms with Crippen LogP contribution >= 0.6 is 0 Å². The third kappa shape index (κ3) is 5.18. The molecule has 3 aliphatic rings. The van der Waals surface area contributed by atoms with Gasteiger partial charge in [0.25, 0.3) is 0 Å². The Morgan fingerprint density at radius 3 is 2.56 bits per heavy atom. The standard InChI is InChI=1S/C26H36N2O5S/c1-5-21-23(6-2)33-16-19-15-20(32-3)7-8-22(19)24(21)18-9-13-28(14-10-18)17-26(11-12-26)25(29)27-34(4,30)31/h6-8,15,21H,5,9-14,16-17H2,1-4H3,(H,27,29)/b23-6+. The first kappa shape index (κ1) is 24.8. The van der Waals surface area contributed by atoms with Gasteiger partial charge < -0.3 is 14.4 Å². The molecule has 186 valence electrons. The Kier molecular flexibility index (Phi) is 7.10. The number of nitrogens with zero attached hydrogens (tertiary/aromatic N) is 1. The van der Waals surface area contributed by atoms with E-state index in [1.807, 2.05) is 13.0 Å². The third-order valence-electron chi connectivity index (χ3n) is 7.36. The van der Waals surface area contributed by atoms with Gasteiger partial charge in [-0.15, -0.1) is 0 Å². The minimum absolute atomic E-state index is 0.219. The zero-order valence-electron chi connectivity index (χ0n) is 20.6. The number of nitrogens with one attached hydrogen (secondary N) is 1. The van der Waals surface area contributed by atoms with E-state index in [1.165, 1.54) is 16.7 Å². The molecule has 1 aromatic carbocycles. The fourth-order valence-corrected chi connectivity index (χ4v) is 5.91. The number of likely N-dealkylation sites (tertiary alicyclic amines) is 1. The van der Waals surface area contributed by atoms with Crippen molar-refractivity contribution >= 4 is 21.5 Å². The second kappa shape index (κ2) is 9.74. The van der Waals surface area contributed by atoms with Crippen LogP contribution in [0, 0.1) is 11.3 Å². The highest BCUT2D eigenvalue weighted by atomic mass is 32.2. The molecule has 0 spiro atoms. The lowest BCUT2D eigenvalue weighted by molar-refractivity contribution is -0.125. The fourth-order valence-electron chi connectivity index (χ4n) is 5.36. The highest BCUT2D eigenvalue weighted by Crippen LogP contribution is 2.48.